The molecule has 0 aliphatic rings. The van der Waals surface area contributed by atoms with Gasteiger partial charge in [0.25, 0.3) is 5.91 Å². The smallest absolute Gasteiger partial charge is 0.289 e. The van der Waals surface area contributed by atoms with Gasteiger partial charge < -0.3 is 5.32 Å². The van der Waals surface area contributed by atoms with Crippen LogP contribution in [0.25, 0.3) is 6.08 Å². The molecule has 0 atom stereocenters. The maximum Gasteiger partial charge on any atom is 0.289 e. The van der Waals surface area contributed by atoms with Crippen molar-refractivity contribution < 1.29 is 9.59 Å². The van der Waals surface area contributed by atoms with E-state index in [0.29, 0.717) is 17.8 Å². The van der Waals surface area contributed by atoms with Gasteiger partial charge in [-0.3, -0.25) is 4.79 Å². The molecular formula is C12H12N2O2. The van der Waals surface area contributed by atoms with E-state index < -0.39 is 5.91 Å². The Bertz CT molecular complexity index is 460. The summed E-state index contributed by atoms with van der Waals surface area (Å²) in [5.74, 6) is -0.596. The minimum atomic E-state index is -0.596. The maximum atomic E-state index is 11.4. The number of rotatable bonds is 4. The van der Waals surface area contributed by atoms with E-state index in [0.717, 1.165) is 5.56 Å². The van der Waals surface area contributed by atoms with Gasteiger partial charge in [0.15, 0.2) is 0 Å². The Labute approximate surface area is 93.7 Å². The normalized spacial score (nSPS) is 9.06. The molecule has 4 heteroatoms. The van der Waals surface area contributed by atoms with Crippen molar-refractivity contribution in [2.45, 2.75) is 6.92 Å². The Balaban J connectivity index is 3.21. The average Bonchev–Trinajstić information content (AvgIpc) is 2.29. The van der Waals surface area contributed by atoms with Gasteiger partial charge in [-0.2, -0.15) is 0 Å². The molecule has 0 radical (unpaired) electrons. The molecule has 1 N–H and O–H groups in total. The highest BCUT2D eigenvalue weighted by Gasteiger charge is 2.10. The molecule has 0 unspecified atom stereocenters. The highest BCUT2D eigenvalue weighted by atomic mass is 16.2. The molecule has 0 heterocycles. The first-order valence-corrected chi connectivity index (χ1v) is 4.85. The molecule has 1 rings (SSSR count). The van der Waals surface area contributed by atoms with E-state index in [-0.39, 0.29) is 0 Å². The molecular weight excluding hydrogens is 204 g/mol. The zero-order valence-corrected chi connectivity index (χ0v) is 8.99. The Morgan fingerprint density at radius 3 is 2.94 bits per heavy atom. The number of hydrogen-bond donors (Lipinski definition) is 1. The van der Waals surface area contributed by atoms with Gasteiger partial charge >= 0.3 is 0 Å². The van der Waals surface area contributed by atoms with Crippen LogP contribution in [-0.4, -0.2) is 18.5 Å². The molecule has 0 saturated carbocycles. The maximum absolute atomic E-state index is 11.4. The van der Waals surface area contributed by atoms with Crippen molar-refractivity contribution in [3.05, 3.63) is 35.9 Å². The molecule has 82 valence electrons. The summed E-state index contributed by atoms with van der Waals surface area (Å²) >= 11 is 0. The summed E-state index contributed by atoms with van der Waals surface area (Å²) < 4.78 is 0. The minimum Gasteiger partial charge on any atom is -0.385 e. The van der Waals surface area contributed by atoms with Crippen molar-refractivity contribution in [1.82, 2.24) is 0 Å². The second-order valence-electron chi connectivity index (χ2n) is 3.05. The van der Waals surface area contributed by atoms with E-state index >= 15 is 0 Å². The van der Waals surface area contributed by atoms with Crippen molar-refractivity contribution in [2.24, 2.45) is 4.99 Å². The van der Waals surface area contributed by atoms with E-state index in [2.05, 4.69) is 16.9 Å². The highest BCUT2D eigenvalue weighted by molar-refractivity contribution is 6.02. The van der Waals surface area contributed by atoms with E-state index in [9.17, 15) is 9.59 Å². The van der Waals surface area contributed by atoms with Crippen LogP contribution in [0.4, 0.5) is 5.69 Å². The molecule has 1 aromatic carbocycles. The number of carbonyl (C=O) groups excluding carboxylic acids is 2. The molecule has 4 nitrogen and oxygen atoms in total. The van der Waals surface area contributed by atoms with Gasteiger partial charge in [0.1, 0.15) is 0 Å². The van der Waals surface area contributed by atoms with Gasteiger partial charge in [0, 0.05) is 12.2 Å². The van der Waals surface area contributed by atoms with Gasteiger partial charge in [-0.25, -0.2) is 4.79 Å². The van der Waals surface area contributed by atoms with Crippen molar-refractivity contribution >= 4 is 23.8 Å². The van der Waals surface area contributed by atoms with Crippen LogP contribution in [0.15, 0.2) is 29.8 Å². The van der Waals surface area contributed by atoms with Crippen LogP contribution in [0.5, 0.6) is 0 Å². The molecule has 0 aromatic heterocycles. The van der Waals surface area contributed by atoms with Crippen LogP contribution >= 0.6 is 0 Å². The number of nitrogens with zero attached hydrogens (tertiary/aromatic N) is 1. The second kappa shape index (κ2) is 5.63. The number of hydrogen-bond acceptors (Lipinski definition) is 3. The molecule has 0 bridgehead atoms. The number of benzene rings is 1. The van der Waals surface area contributed by atoms with Crippen LogP contribution < -0.4 is 5.32 Å². The van der Waals surface area contributed by atoms with Crippen LogP contribution in [0.3, 0.4) is 0 Å². The largest absolute Gasteiger partial charge is 0.385 e. The fourth-order valence-electron chi connectivity index (χ4n) is 1.31. The molecule has 0 spiro atoms. The SMILES string of the molecule is C=Cc1ccc(C(=O)N=C=O)c(NCC)c1. The van der Waals surface area contributed by atoms with Crippen molar-refractivity contribution in [3.8, 4) is 0 Å². The topological polar surface area (TPSA) is 58.5 Å². The lowest BCUT2D eigenvalue weighted by atomic mass is 10.1. The highest BCUT2D eigenvalue weighted by Crippen LogP contribution is 2.19. The molecule has 16 heavy (non-hydrogen) atoms. The van der Waals surface area contributed by atoms with E-state index in [4.69, 9.17) is 0 Å². The Morgan fingerprint density at radius 1 is 1.62 bits per heavy atom. The Kier molecular flexibility index (Phi) is 4.18. The van der Waals surface area contributed by atoms with Crippen LogP contribution in [-0.2, 0) is 4.79 Å². The summed E-state index contributed by atoms with van der Waals surface area (Å²) in [6.45, 7) is 6.23. The molecule has 0 fully saturated rings. The lowest BCUT2D eigenvalue weighted by Crippen LogP contribution is -2.05. The second-order valence-corrected chi connectivity index (χ2v) is 3.05. The molecule has 1 aromatic rings. The number of amides is 1. The summed E-state index contributed by atoms with van der Waals surface area (Å²) in [6.07, 6.45) is 2.92. The van der Waals surface area contributed by atoms with Gasteiger partial charge in [-0.15, -0.1) is 4.99 Å². The third-order valence-electron chi connectivity index (χ3n) is 2.02. The van der Waals surface area contributed by atoms with Gasteiger partial charge in [0.05, 0.1) is 5.56 Å². The van der Waals surface area contributed by atoms with E-state index in [1.165, 1.54) is 6.08 Å². The molecule has 0 aliphatic heterocycles. The summed E-state index contributed by atoms with van der Waals surface area (Å²) in [7, 11) is 0. The summed E-state index contributed by atoms with van der Waals surface area (Å²) in [5, 5.41) is 3.03. The number of anilines is 1. The number of aliphatic imine (C=N–C) groups is 1. The summed E-state index contributed by atoms with van der Waals surface area (Å²) in [4.78, 5) is 24.6. The lowest BCUT2D eigenvalue weighted by molar-refractivity contribution is 0.100. The van der Waals surface area contributed by atoms with Gasteiger partial charge in [0.2, 0.25) is 6.08 Å². The average molecular weight is 216 g/mol. The Morgan fingerprint density at radius 2 is 2.38 bits per heavy atom. The fourth-order valence-corrected chi connectivity index (χ4v) is 1.31. The summed E-state index contributed by atoms with van der Waals surface area (Å²) in [5.41, 5.74) is 1.89. The number of isocyanates is 1. The third kappa shape index (κ3) is 2.65. The Hall–Kier alpha value is -2.19. The first-order valence-electron chi connectivity index (χ1n) is 4.85. The third-order valence-corrected chi connectivity index (χ3v) is 2.02. The minimum absolute atomic E-state index is 0.357. The number of nitrogens with one attached hydrogen (secondary N) is 1. The lowest BCUT2D eigenvalue weighted by Gasteiger charge is -2.08. The predicted molar refractivity (Wildman–Crippen MR) is 63.1 cm³/mol. The summed E-state index contributed by atoms with van der Waals surface area (Å²) in [6, 6.07) is 5.13. The van der Waals surface area contributed by atoms with Crippen LogP contribution in [0.2, 0.25) is 0 Å². The zero-order chi connectivity index (χ0) is 12.0. The standard InChI is InChI=1S/C12H12N2O2/c1-3-9-5-6-10(12(16)14-8-15)11(7-9)13-4-2/h3,5-7,13H,1,4H2,2H3. The van der Waals surface area contributed by atoms with Crippen molar-refractivity contribution in [2.75, 3.05) is 11.9 Å². The van der Waals surface area contributed by atoms with Gasteiger partial charge in [-0.05, 0) is 24.6 Å². The molecule has 0 saturated heterocycles. The fraction of sp³-hybridized carbons (Fsp3) is 0.167. The first kappa shape index (κ1) is 11.9. The monoisotopic (exact) mass is 216 g/mol. The van der Waals surface area contributed by atoms with Gasteiger partial charge in [-0.1, -0.05) is 18.7 Å². The predicted octanol–water partition coefficient (Wildman–Crippen LogP) is 2.24. The van der Waals surface area contributed by atoms with Crippen LogP contribution in [0.1, 0.15) is 22.8 Å². The van der Waals surface area contributed by atoms with Crippen molar-refractivity contribution in [1.29, 1.82) is 0 Å². The van der Waals surface area contributed by atoms with Crippen LogP contribution in [0, 0.1) is 0 Å². The quantitative estimate of drug-likeness (QED) is 0.620. The zero-order valence-electron chi connectivity index (χ0n) is 8.99. The molecule has 1 amide bonds. The van der Waals surface area contributed by atoms with Crippen molar-refractivity contribution in [3.63, 3.8) is 0 Å². The van der Waals surface area contributed by atoms with E-state index in [1.807, 2.05) is 6.92 Å². The first-order chi connectivity index (χ1) is 7.72. The number of carbonyl (C=O) groups is 1. The van der Waals surface area contributed by atoms with E-state index in [1.54, 1.807) is 24.3 Å². The molecule has 0 aliphatic carbocycles.